The fraction of sp³-hybridized carbons (Fsp3) is 0.267. The Hall–Kier alpha value is -2.02. The van der Waals surface area contributed by atoms with Crippen LogP contribution in [0.25, 0.3) is 0 Å². The molecule has 0 atom stereocenters. The Balaban J connectivity index is 0.00000176. The number of hydrogen-bond donors (Lipinski definition) is 0. The first-order valence-electron chi connectivity index (χ1n) is 6.75. The Kier molecular flexibility index (Phi) is 5.43. The molecule has 0 fully saturated rings. The van der Waals surface area contributed by atoms with Gasteiger partial charge in [-0.15, -0.1) is 12.4 Å². The van der Waals surface area contributed by atoms with Crippen molar-refractivity contribution < 1.29 is 9.76 Å². The van der Waals surface area contributed by atoms with Gasteiger partial charge in [0.05, 0.1) is 11.5 Å². The number of fused-ring (bicyclic) bond motifs is 1. The van der Waals surface area contributed by atoms with E-state index in [1.807, 2.05) is 23.3 Å². The highest BCUT2D eigenvalue weighted by molar-refractivity contribution is 5.85. The monoisotopic (exact) mass is 321 g/mol. The number of nitrogens with zero attached hydrogens (tertiary/aromatic N) is 3. The summed E-state index contributed by atoms with van der Waals surface area (Å²) in [5.74, 6) is 0. The highest BCUT2D eigenvalue weighted by atomic mass is 35.5. The van der Waals surface area contributed by atoms with Crippen LogP contribution < -0.4 is 0 Å². The summed E-state index contributed by atoms with van der Waals surface area (Å²) in [7, 11) is 0. The summed E-state index contributed by atoms with van der Waals surface area (Å²) in [6.45, 7) is 1.81. The largest absolute Gasteiger partial charge is 0.294 e. The van der Waals surface area contributed by atoms with E-state index in [1.165, 1.54) is 5.56 Å². The normalized spacial score (nSPS) is 14.0. The van der Waals surface area contributed by atoms with Crippen molar-refractivity contribution in [1.82, 2.24) is 10.0 Å². The molecule has 7 heteroatoms. The summed E-state index contributed by atoms with van der Waals surface area (Å²) in [5, 5.41) is 12.7. The maximum Gasteiger partial charge on any atom is 0.269 e. The molecule has 22 heavy (non-hydrogen) atoms. The molecular weight excluding hydrogens is 306 g/mol. The Labute approximate surface area is 134 Å². The first kappa shape index (κ1) is 16.4. The predicted octanol–water partition coefficient (Wildman–Crippen LogP) is 2.90. The highest BCUT2D eigenvalue weighted by Crippen LogP contribution is 2.24. The molecule has 2 heterocycles. The minimum Gasteiger partial charge on any atom is -0.294 e. The van der Waals surface area contributed by atoms with Crippen LogP contribution in [0.15, 0.2) is 42.7 Å². The van der Waals surface area contributed by atoms with Gasteiger partial charge in [0.1, 0.15) is 0 Å². The molecule has 6 nitrogen and oxygen atoms in total. The fourth-order valence-electron chi connectivity index (χ4n) is 2.36. The Bertz CT molecular complexity index is 652. The third-order valence-electron chi connectivity index (χ3n) is 3.55. The van der Waals surface area contributed by atoms with Crippen LogP contribution in [0.2, 0.25) is 0 Å². The van der Waals surface area contributed by atoms with E-state index in [1.54, 1.807) is 24.5 Å². The second-order valence-electron chi connectivity index (χ2n) is 4.95. The third kappa shape index (κ3) is 3.79. The summed E-state index contributed by atoms with van der Waals surface area (Å²) in [6.07, 6.45) is 4.44. The van der Waals surface area contributed by atoms with Crippen LogP contribution in [-0.2, 0) is 24.4 Å². The van der Waals surface area contributed by atoms with Crippen LogP contribution in [0.5, 0.6) is 0 Å². The van der Waals surface area contributed by atoms with E-state index in [9.17, 15) is 10.1 Å². The van der Waals surface area contributed by atoms with E-state index in [-0.39, 0.29) is 23.0 Å². The molecule has 1 aliphatic heterocycles. The number of benzene rings is 1. The third-order valence-corrected chi connectivity index (χ3v) is 3.55. The number of non-ortho nitro benzene ring substituents is 1. The summed E-state index contributed by atoms with van der Waals surface area (Å²) < 4.78 is 0. The van der Waals surface area contributed by atoms with Crippen molar-refractivity contribution in [3.8, 4) is 0 Å². The van der Waals surface area contributed by atoms with Crippen LogP contribution in [0.1, 0.15) is 16.7 Å². The number of pyridine rings is 1. The number of nitro groups is 1. The van der Waals surface area contributed by atoms with Gasteiger partial charge in [-0.1, -0.05) is 6.07 Å². The molecule has 0 N–H and O–H groups in total. The summed E-state index contributed by atoms with van der Waals surface area (Å²) >= 11 is 0. The standard InChI is InChI=1S/C15H15N3O3.ClH/c19-18(20)15-2-1-13-10-17(21-11-14(13)9-15)8-5-12-3-6-16-7-4-12;/h1-4,6-7,9H,5,8,10-11H2;1H. The van der Waals surface area contributed by atoms with Gasteiger partial charge in [-0.3, -0.25) is 19.9 Å². The van der Waals surface area contributed by atoms with Crippen LogP contribution >= 0.6 is 12.4 Å². The number of aromatic nitrogens is 1. The molecule has 0 amide bonds. The topological polar surface area (TPSA) is 68.5 Å². The lowest BCUT2D eigenvalue weighted by Gasteiger charge is -2.28. The van der Waals surface area contributed by atoms with Crippen molar-refractivity contribution in [2.75, 3.05) is 6.54 Å². The van der Waals surface area contributed by atoms with Gasteiger partial charge in [0.2, 0.25) is 0 Å². The number of hydroxylamine groups is 2. The Morgan fingerprint density at radius 2 is 2.00 bits per heavy atom. The second kappa shape index (κ2) is 7.31. The van der Waals surface area contributed by atoms with E-state index in [2.05, 4.69) is 4.98 Å². The van der Waals surface area contributed by atoms with Crippen molar-refractivity contribution in [2.45, 2.75) is 19.6 Å². The number of halogens is 1. The van der Waals surface area contributed by atoms with Crippen molar-refractivity contribution in [3.63, 3.8) is 0 Å². The van der Waals surface area contributed by atoms with Crippen molar-refractivity contribution in [1.29, 1.82) is 0 Å². The van der Waals surface area contributed by atoms with E-state index in [0.717, 1.165) is 24.1 Å². The number of nitro benzene ring substituents is 1. The molecular formula is C15H16ClN3O3. The zero-order valence-electron chi connectivity index (χ0n) is 11.8. The SMILES string of the molecule is Cl.O=[N+]([O-])c1ccc2c(c1)CON(CCc1ccncc1)C2. The molecule has 0 saturated heterocycles. The average molecular weight is 322 g/mol. The van der Waals surface area contributed by atoms with Gasteiger partial charge in [0, 0.05) is 37.6 Å². The van der Waals surface area contributed by atoms with Gasteiger partial charge in [0.15, 0.2) is 0 Å². The minimum atomic E-state index is -0.379. The number of hydrogen-bond acceptors (Lipinski definition) is 5. The van der Waals surface area contributed by atoms with Gasteiger partial charge in [-0.25, -0.2) is 0 Å². The summed E-state index contributed by atoms with van der Waals surface area (Å²) in [4.78, 5) is 20.0. The molecule has 1 aromatic heterocycles. The van der Waals surface area contributed by atoms with E-state index in [0.29, 0.717) is 13.2 Å². The Morgan fingerprint density at radius 1 is 1.23 bits per heavy atom. The lowest BCUT2D eigenvalue weighted by atomic mass is 10.1. The maximum absolute atomic E-state index is 10.8. The van der Waals surface area contributed by atoms with Crippen LogP contribution in [0.3, 0.4) is 0 Å². The highest BCUT2D eigenvalue weighted by Gasteiger charge is 2.19. The zero-order chi connectivity index (χ0) is 14.7. The maximum atomic E-state index is 10.8. The van der Waals surface area contributed by atoms with Gasteiger partial charge >= 0.3 is 0 Å². The molecule has 0 aliphatic carbocycles. The van der Waals surface area contributed by atoms with Gasteiger partial charge in [0.25, 0.3) is 5.69 Å². The lowest BCUT2D eigenvalue weighted by molar-refractivity contribution is -0.385. The van der Waals surface area contributed by atoms with Crippen LogP contribution in [-0.4, -0.2) is 21.5 Å². The zero-order valence-corrected chi connectivity index (χ0v) is 12.7. The molecule has 0 unspecified atom stereocenters. The van der Waals surface area contributed by atoms with Crippen LogP contribution in [0.4, 0.5) is 5.69 Å². The summed E-state index contributed by atoms with van der Waals surface area (Å²) in [5.41, 5.74) is 3.30. The Morgan fingerprint density at radius 3 is 2.73 bits per heavy atom. The quantitative estimate of drug-likeness (QED) is 0.639. The molecule has 0 spiro atoms. The molecule has 116 valence electrons. The van der Waals surface area contributed by atoms with Gasteiger partial charge in [-0.2, -0.15) is 5.06 Å². The smallest absolute Gasteiger partial charge is 0.269 e. The predicted molar refractivity (Wildman–Crippen MR) is 83.5 cm³/mol. The number of rotatable bonds is 4. The second-order valence-corrected chi connectivity index (χ2v) is 4.95. The lowest BCUT2D eigenvalue weighted by Crippen LogP contribution is -2.30. The van der Waals surface area contributed by atoms with Crippen molar-refractivity contribution in [2.24, 2.45) is 0 Å². The van der Waals surface area contributed by atoms with E-state index in [4.69, 9.17) is 4.84 Å². The van der Waals surface area contributed by atoms with Gasteiger partial charge < -0.3 is 0 Å². The minimum absolute atomic E-state index is 0. The summed E-state index contributed by atoms with van der Waals surface area (Å²) in [6, 6.07) is 8.93. The van der Waals surface area contributed by atoms with Crippen molar-refractivity contribution in [3.05, 3.63) is 69.5 Å². The van der Waals surface area contributed by atoms with Crippen LogP contribution in [0, 0.1) is 10.1 Å². The van der Waals surface area contributed by atoms with Gasteiger partial charge in [-0.05, 0) is 35.2 Å². The molecule has 0 bridgehead atoms. The molecule has 0 saturated carbocycles. The molecule has 1 aliphatic rings. The molecule has 2 aromatic rings. The molecule has 3 rings (SSSR count). The molecule has 0 radical (unpaired) electrons. The van der Waals surface area contributed by atoms with E-state index < -0.39 is 0 Å². The van der Waals surface area contributed by atoms with Crippen molar-refractivity contribution >= 4 is 18.1 Å². The average Bonchev–Trinajstić information content (AvgIpc) is 2.53. The fourth-order valence-corrected chi connectivity index (χ4v) is 2.36. The van der Waals surface area contributed by atoms with E-state index >= 15 is 0 Å². The molecule has 1 aromatic carbocycles. The first-order chi connectivity index (χ1) is 10.2. The first-order valence-corrected chi connectivity index (χ1v) is 6.75.